The number of amides is 1. The highest BCUT2D eigenvalue weighted by molar-refractivity contribution is 7.13. The molecule has 0 bridgehead atoms. The Balaban J connectivity index is 1.73. The Morgan fingerprint density at radius 2 is 2.13 bits per heavy atom. The summed E-state index contributed by atoms with van der Waals surface area (Å²) in [7, 11) is 0. The predicted molar refractivity (Wildman–Crippen MR) is 84.3 cm³/mol. The molecule has 1 aliphatic heterocycles. The second kappa shape index (κ2) is 6.89. The van der Waals surface area contributed by atoms with Gasteiger partial charge in [0, 0.05) is 6.61 Å². The Morgan fingerprint density at radius 1 is 1.35 bits per heavy atom. The van der Waals surface area contributed by atoms with Crippen LogP contribution >= 0.6 is 11.3 Å². The highest BCUT2D eigenvalue weighted by atomic mass is 32.1. The average Bonchev–Trinajstić information content (AvgIpc) is 3.23. The molecule has 1 fully saturated rings. The van der Waals surface area contributed by atoms with Crippen LogP contribution in [-0.2, 0) is 9.53 Å². The van der Waals surface area contributed by atoms with Crippen LogP contribution in [0.1, 0.15) is 45.2 Å². The first-order valence-electron chi connectivity index (χ1n) is 7.31. The van der Waals surface area contributed by atoms with Crippen molar-refractivity contribution >= 4 is 23.2 Å². The Hall–Kier alpha value is -2.25. The molecular weight excluding hydrogens is 316 g/mol. The summed E-state index contributed by atoms with van der Waals surface area (Å²) in [6.45, 7) is 0.709. The summed E-state index contributed by atoms with van der Waals surface area (Å²) < 4.78 is 5.54. The Kier molecular flexibility index (Phi) is 4.68. The summed E-state index contributed by atoms with van der Waals surface area (Å²) in [4.78, 5) is 28.4. The molecule has 7 heteroatoms. The van der Waals surface area contributed by atoms with Crippen LogP contribution in [0.3, 0.4) is 0 Å². The van der Waals surface area contributed by atoms with Crippen molar-refractivity contribution in [2.45, 2.75) is 25.0 Å². The van der Waals surface area contributed by atoms with Gasteiger partial charge < -0.3 is 15.2 Å². The van der Waals surface area contributed by atoms with E-state index in [4.69, 9.17) is 4.74 Å². The summed E-state index contributed by atoms with van der Waals surface area (Å²) >= 11 is 1.25. The fourth-order valence-electron chi connectivity index (χ4n) is 2.45. The van der Waals surface area contributed by atoms with Crippen LogP contribution in [0, 0.1) is 0 Å². The fraction of sp³-hybridized carbons (Fsp3) is 0.312. The summed E-state index contributed by atoms with van der Waals surface area (Å²) in [6.07, 6.45) is 3.31. The molecule has 2 aromatic rings. The molecule has 2 heterocycles. The summed E-state index contributed by atoms with van der Waals surface area (Å²) in [5, 5.41) is 12.7. The fourth-order valence-corrected chi connectivity index (χ4v) is 3.35. The minimum absolute atomic E-state index is 0.0501. The number of nitrogens with zero attached hydrogens (tertiary/aromatic N) is 1. The standard InChI is InChI=1S/C16H16N2O4S/c19-14(12-9-17-15(23-12)11-7-4-8-22-11)18-13(16(20)21)10-5-2-1-3-6-10/h1-3,5-6,9,11,13H,4,7-8H2,(H,18,19)(H,20,21)/t11?,13-/m0/s1. The number of carbonyl (C=O) groups excluding carboxylic acids is 1. The molecule has 0 saturated carbocycles. The van der Waals surface area contributed by atoms with E-state index in [1.807, 2.05) is 0 Å². The Bertz CT molecular complexity index is 695. The zero-order valence-electron chi connectivity index (χ0n) is 12.3. The van der Waals surface area contributed by atoms with Gasteiger partial charge >= 0.3 is 5.97 Å². The van der Waals surface area contributed by atoms with E-state index in [1.54, 1.807) is 30.3 Å². The monoisotopic (exact) mass is 332 g/mol. The minimum Gasteiger partial charge on any atom is -0.479 e. The predicted octanol–water partition coefficient (Wildman–Crippen LogP) is 2.55. The second-order valence-corrected chi connectivity index (χ2v) is 6.28. The van der Waals surface area contributed by atoms with E-state index < -0.39 is 17.9 Å². The van der Waals surface area contributed by atoms with Crippen LogP contribution in [0.5, 0.6) is 0 Å². The largest absolute Gasteiger partial charge is 0.479 e. The molecule has 1 aliphatic rings. The van der Waals surface area contributed by atoms with Crippen molar-refractivity contribution in [3.05, 3.63) is 52.0 Å². The van der Waals surface area contributed by atoms with E-state index in [9.17, 15) is 14.7 Å². The summed E-state index contributed by atoms with van der Waals surface area (Å²) in [5.41, 5.74) is 0.525. The van der Waals surface area contributed by atoms with Crippen LogP contribution in [0.4, 0.5) is 0 Å². The van der Waals surface area contributed by atoms with Crippen molar-refractivity contribution in [3.63, 3.8) is 0 Å². The first kappa shape index (κ1) is 15.6. The number of benzene rings is 1. The number of carbonyl (C=O) groups is 2. The van der Waals surface area contributed by atoms with Crippen molar-refractivity contribution < 1.29 is 19.4 Å². The molecule has 6 nitrogen and oxygen atoms in total. The van der Waals surface area contributed by atoms with Gasteiger partial charge in [0.1, 0.15) is 16.0 Å². The van der Waals surface area contributed by atoms with Gasteiger partial charge in [0.2, 0.25) is 0 Å². The van der Waals surface area contributed by atoms with Crippen molar-refractivity contribution in [2.75, 3.05) is 6.61 Å². The quantitative estimate of drug-likeness (QED) is 0.878. The molecule has 1 unspecified atom stereocenters. The molecule has 2 atom stereocenters. The van der Waals surface area contributed by atoms with Gasteiger partial charge in [0.25, 0.3) is 5.91 Å². The summed E-state index contributed by atoms with van der Waals surface area (Å²) in [6, 6.07) is 7.52. The number of hydrogen-bond donors (Lipinski definition) is 2. The topological polar surface area (TPSA) is 88.5 Å². The number of hydrogen-bond acceptors (Lipinski definition) is 5. The van der Waals surface area contributed by atoms with E-state index in [1.165, 1.54) is 17.5 Å². The van der Waals surface area contributed by atoms with Gasteiger partial charge in [-0.2, -0.15) is 0 Å². The Labute approximate surface area is 137 Å². The molecular formula is C16H16N2O4S. The number of nitrogens with one attached hydrogen (secondary N) is 1. The molecule has 0 spiro atoms. The minimum atomic E-state index is -1.10. The van der Waals surface area contributed by atoms with Gasteiger partial charge in [-0.15, -0.1) is 11.3 Å². The molecule has 23 heavy (non-hydrogen) atoms. The van der Waals surface area contributed by atoms with Gasteiger partial charge in [0.15, 0.2) is 6.04 Å². The third kappa shape index (κ3) is 3.57. The van der Waals surface area contributed by atoms with Crippen LogP contribution < -0.4 is 5.32 Å². The second-order valence-electron chi connectivity index (χ2n) is 5.22. The van der Waals surface area contributed by atoms with Crippen molar-refractivity contribution in [3.8, 4) is 0 Å². The number of thiazole rings is 1. The Morgan fingerprint density at radius 3 is 2.78 bits per heavy atom. The number of aliphatic carboxylic acids is 1. The maximum absolute atomic E-state index is 12.3. The number of carboxylic acids is 1. The van der Waals surface area contributed by atoms with E-state index in [0.717, 1.165) is 17.8 Å². The number of carboxylic acid groups (broad SMARTS) is 1. The normalized spacial score (nSPS) is 18.5. The van der Waals surface area contributed by atoms with Crippen molar-refractivity contribution in [1.29, 1.82) is 0 Å². The first-order valence-corrected chi connectivity index (χ1v) is 8.13. The maximum atomic E-state index is 12.3. The highest BCUT2D eigenvalue weighted by Gasteiger charge is 2.26. The van der Waals surface area contributed by atoms with Crippen molar-refractivity contribution in [2.24, 2.45) is 0 Å². The van der Waals surface area contributed by atoms with Gasteiger partial charge in [0.05, 0.1) is 6.20 Å². The number of rotatable bonds is 5. The lowest BCUT2D eigenvalue weighted by Crippen LogP contribution is -2.33. The molecule has 1 aromatic carbocycles. The molecule has 0 radical (unpaired) electrons. The van der Waals surface area contributed by atoms with Gasteiger partial charge in [-0.05, 0) is 18.4 Å². The average molecular weight is 332 g/mol. The van der Waals surface area contributed by atoms with E-state index in [2.05, 4.69) is 10.3 Å². The van der Waals surface area contributed by atoms with E-state index in [-0.39, 0.29) is 6.10 Å². The van der Waals surface area contributed by atoms with Crippen LogP contribution in [0.25, 0.3) is 0 Å². The molecule has 0 aliphatic carbocycles. The maximum Gasteiger partial charge on any atom is 0.330 e. The van der Waals surface area contributed by atoms with Crippen molar-refractivity contribution in [1.82, 2.24) is 10.3 Å². The third-order valence-corrected chi connectivity index (χ3v) is 4.70. The lowest BCUT2D eigenvalue weighted by Gasteiger charge is -2.14. The smallest absolute Gasteiger partial charge is 0.330 e. The van der Waals surface area contributed by atoms with Crippen LogP contribution in [-0.4, -0.2) is 28.6 Å². The summed E-state index contributed by atoms with van der Waals surface area (Å²) in [5.74, 6) is -1.54. The molecule has 3 rings (SSSR count). The lowest BCUT2D eigenvalue weighted by molar-refractivity contribution is -0.139. The van der Waals surface area contributed by atoms with Gasteiger partial charge in [-0.1, -0.05) is 30.3 Å². The number of ether oxygens (including phenoxy) is 1. The van der Waals surface area contributed by atoms with Crippen LogP contribution in [0.15, 0.2) is 36.5 Å². The molecule has 1 aromatic heterocycles. The molecule has 2 N–H and O–H groups in total. The zero-order chi connectivity index (χ0) is 16.2. The van der Waals surface area contributed by atoms with Gasteiger partial charge in [-0.25, -0.2) is 9.78 Å². The van der Waals surface area contributed by atoms with Gasteiger partial charge in [-0.3, -0.25) is 4.79 Å². The zero-order valence-corrected chi connectivity index (χ0v) is 13.1. The molecule has 1 amide bonds. The molecule has 1 saturated heterocycles. The third-order valence-electron chi connectivity index (χ3n) is 3.61. The molecule has 120 valence electrons. The van der Waals surface area contributed by atoms with E-state index in [0.29, 0.717) is 17.0 Å². The highest BCUT2D eigenvalue weighted by Crippen LogP contribution is 2.31. The SMILES string of the molecule is O=C(N[C@H](C(=O)O)c1ccccc1)c1cnc(C2CCCO2)s1. The van der Waals surface area contributed by atoms with E-state index >= 15 is 0 Å². The van der Waals surface area contributed by atoms with Crippen LogP contribution in [0.2, 0.25) is 0 Å². The number of aromatic nitrogens is 1. The first-order chi connectivity index (χ1) is 11.1. The lowest BCUT2D eigenvalue weighted by atomic mass is 10.1.